The van der Waals surface area contributed by atoms with Crippen LogP contribution in [0.3, 0.4) is 0 Å². The van der Waals surface area contributed by atoms with Gasteiger partial charge in [0.15, 0.2) is 12.1 Å². The lowest BCUT2D eigenvalue weighted by Crippen LogP contribution is -2.69. The van der Waals surface area contributed by atoms with Crippen LogP contribution in [0.25, 0.3) is 5.82 Å². The molecule has 2 aromatic heterocycles. The molecule has 4 aliphatic heterocycles. The summed E-state index contributed by atoms with van der Waals surface area (Å²) in [6, 6.07) is 6.24. The molecule has 1 spiro atoms. The van der Waals surface area contributed by atoms with Gasteiger partial charge < -0.3 is 9.30 Å². The average Bonchev–Trinajstić information content (AvgIpc) is 3.26. The van der Waals surface area contributed by atoms with Crippen LogP contribution in [0.4, 0.5) is 5.82 Å². The number of rotatable bonds is 2. The molecule has 0 unspecified atom stereocenters. The van der Waals surface area contributed by atoms with Crippen molar-refractivity contribution < 1.29 is 14.6 Å². The Morgan fingerprint density at radius 2 is 2.04 bits per heavy atom. The van der Waals surface area contributed by atoms with Crippen molar-refractivity contribution in [3.63, 3.8) is 0 Å². The molecule has 0 aromatic carbocycles. The van der Waals surface area contributed by atoms with Crippen molar-refractivity contribution in [2.75, 3.05) is 31.5 Å². The van der Waals surface area contributed by atoms with Crippen LogP contribution in [0, 0.1) is 5.92 Å². The standard InChI is InChI=1S/C17H21N6O2/c24-23-7-3-13(4-8-23)17(11-23)10-18-16(25-17)21-14-9-15(20-12-19-14)22-5-1-2-6-22/h1-2,5-6,9,12-13,24H,3-4,7-8,10-11H2,(H,18,19,20,21)/q+1/t13?,17-,23?/m0/s1. The topological polar surface area (TPSA) is 84.6 Å². The number of aliphatic imine (C=N–C) groups is 1. The van der Waals surface area contributed by atoms with Gasteiger partial charge in [0.25, 0.3) is 6.02 Å². The Hall–Kier alpha value is -2.45. The second-order valence-electron chi connectivity index (χ2n) is 7.24. The van der Waals surface area contributed by atoms with E-state index in [4.69, 9.17) is 4.74 Å². The number of hydrogen-bond donors (Lipinski definition) is 2. The van der Waals surface area contributed by atoms with Gasteiger partial charge in [0.2, 0.25) is 0 Å². The summed E-state index contributed by atoms with van der Waals surface area (Å²) >= 11 is 0. The molecule has 0 saturated carbocycles. The molecule has 2 bridgehead atoms. The molecule has 25 heavy (non-hydrogen) atoms. The van der Waals surface area contributed by atoms with Gasteiger partial charge in [0, 0.05) is 37.2 Å². The van der Waals surface area contributed by atoms with Gasteiger partial charge in [-0.25, -0.2) is 20.2 Å². The number of quaternary nitrogens is 1. The van der Waals surface area contributed by atoms with E-state index < -0.39 is 0 Å². The third-order valence-electron chi connectivity index (χ3n) is 5.64. The number of hydrogen-bond acceptors (Lipinski definition) is 6. The lowest BCUT2D eigenvalue weighted by molar-refractivity contribution is -1.12. The molecule has 0 radical (unpaired) electrons. The van der Waals surface area contributed by atoms with Crippen molar-refractivity contribution in [2.24, 2.45) is 10.9 Å². The number of nitrogens with zero attached hydrogens (tertiary/aromatic N) is 5. The summed E-state index contributed by atoms with van der Waals surface area (Å²) in [5.41, 5.74) is -0.371. The lowest BCUT2D eigenvalue weighted by atomic mass is 9.75. The molecule has 2 N–H and O–H groups in total. The molecular weight excluding hydrogens is 320 g/mol. The number of fused-ring (bicyclic) bond motifs is 2. The fourth-order valence-electron chi connectivity index (χ4n) is 4.34. The van der Waals surface area contributed by atoms with E-state index >= 15 is 0 Å². The van der Waals surface area contributed by atoms with Crippen molar-refractivity contribution >= 4 is 11.8 Å². The summed E-state index contributed by atoms with van der Waals surface area (Å²) < 4.78 is 8.25. The first-order valence-electron chi connectivity index (χ1n) is 8.69. The minimum absolute atomic E-state index is 0.116. The first-order valence-corrected chi connectivity index (χ1v) is 8.69. The van der Waals surface area contributed by atoms with Gasteiger partial charge >= 0.3 is 0 Å². The summed E-state index contributed by atoms with van der Waals surface area (Å²) in [4.78, 5) is 13.1. The number of piperidine rings is 3. The fourth-order valence-corrected chi connectivity index (χ4v) is 4.34. The van der Waals surface area contributed by atoms with Crippen molar-refractivity contribution in [3.8, 4) is 5.82 Å². The van der Waals surface area contributed by atoms with Gasteiger partial charge in [0.05, 0.1) is 6.54 Å². The van der Waals surface area contributed by atoms with E-state index in [9.17, 15) is 5.21 Å². The van der Waals surface area contributed by atoms with Crippen LogP contribution in [-0.2, 0) is 4.74 Å². The Morgan fingerprint density at radius 3 is 2.80 bits per heavy atom. The quantitative estimate of drug-likeness (QED) is 0.808. The highest BCUT2D eigenvalue weighted by Gasteiger charge is 2.59. The van der Waals surface area contributed by atoms with Crippen LogP contribution in [0.1, 0.15) is 12.8 Å². The zero-order chi connectivity index (χ0) is 16.9. The summed E-state index contributed by atoms with van der Waals surface area (Å²) in [5, 5.41) is 13.8. The normalized spacial score (nSPS) is 33.3. The third-order valence-corrected chi connectivity index (χ3v) is 5.64. The molecule has 8 heteroatoms. The minimum Gasteiger partial charge on any atom is -0.450 e. The Kier molecular flexibility index (Phi) is 3.13. The molecule has 4 aliphatic rings. The summed E-state index contributed by atoms with van der Waals surface area (Å²) in [5.74, 6) is 1.88. The summed E-state index contributed by atoms with van der Waals surface area (Å²) in [6.45, 7) is 2.86. The molecule has 6 heterocycles. The largest absolute Gasteiger partial charge is 0.450 e. The van der Waals surface area contributed by atoms with Gasteiger partial charge in [-0.1, -0.05) is 0 Å². The lowest BCUT2D eigenvalue weighted by Gasteiger charge is -2.51. The van der Waals surface area contributed by atoms with Gasteiger partial charge in [-0.05, 0) is 12.1 Å². The molecule has 0 amide bonds. The molecule has 2 aromatic rings. The second-order valence-corrected chi connectivity index (χ2v) is 7.24. The first kappa shape index (κ1) is 14.9. The fraction of sp³-hybridized carbons (Fsp3) is 0.471. The molecule has 6 rings (SSSR count). The molecule has 8 nitrogen and oxygen atoms in total. The Labute approximate surface area is 145 Å². The first-order chi connectivity index (χ1) is 12.1. The maximum absolute atomic E-state index is 10.6. The highest BCUT2D eigenvalue weighted by molar-refractivity contribution is 5.89. The Morgan fingerprint density at radius 1 is 1.24 bits per heavy atom. The Balaban J connectivity index is 1.33. The van der Waals surface area contributed by atoms with E-state index in [0.717, 1.165) is 31.7 Å². The maximum atomic E-state index is 10.6. The summed E-state index contributed by atoms with van der Waals surface area (Å²) in [7, 11) is 0. The zero-order valence-electron chi connectivity index (χ0n) is 13.9. The predicted molar refractivity (Wildman–Crippen MR) is 90.5 cm³/mol. The van der Waals surface area contributed by atoms with Gasteiger partial charge in [-0.3, -0.25) is 5.32 Å². The zero-order valence-corrected chi connectivity index (χ0v) is 13.9. The molecular formula is C17H21N6O2+. The van der Waals surface area contributed by atoms with E-state index in [0.29, 0.717) is 30.8 Å². The van der Waals surface area contributed by atoms with E-state index in [1.165, 1.54) is 6.33 Å². The maximum Gasteiger partial charge on any atom is 0.291 e. The second kappa shape index (κ2) is 5.27. The van der Waals surface area contributed by atoms with E-state index in [-0.39, 0.29) is 10.2 Å². The van der Waals surface area contributed by atoms with E-state index in [1.807, 2.05) is 35.2 Å². The van der Waals surface area contributed by atoms with Crippen molar-refractivity contribution in [3.05, 3.63) is 36.9 Å². The monoisotopic (exact) mass is 341 g/mol. The highest BCUT2D eigenvalue weighted by Crippen LogP contribution is 2.43. The van der Waals surface area contributed by atoms with Crippen LogP contribution in [0.15, 0.2) is 41.9 Å². The van der Waals surface area contributed by atoms with E-state index in [2.05, 4.69) is 20.3 Å². The number of amidine groups is 1. The smallest absolute Gasteiger partial charge is 0.291 e. The van der Waals surface area contributed by atoms with Gasteiger partial charge in [0.1, 0.15) is 31.1 Å². The predicted octanol–water partition coefficient (Wildman–Crippen LogP) is 1.43. The van der Waals surface area contributed by atoms with Crippen molar-refractivity contribution in [1.82, 2.24) is 14.5 Å². The number of nitrogens with one attached hydrogen (secondary N) is 1. The van der Waals surface area contributed by atoms with Crippen LogP contribution < -0.4 is 5.32 Å². The number of anilines is 1. The highest BCUT2D eigenvalue weighted by atomic mass is 16.6. The number of hydroxylamine groups is 3. The van der Waals surface area contributed by atoms with Crippen LogP contribution in [0.2, 0.25) is 0 Å². The van der Waals surface area contributed by atoms with E-state index in [1.54, 1.807) is 0 Å². The number of aromatic nitrogens is 3. The van der Waals surface area contributed by atoms with Gasteiger partial charge in [-0.2, -0.15) is 4.65 Å². The third kappa shape index (κ3) is 2.49. The Bertz CT molecular complexity index is 812. The van der Waals surface area contributed by atoms with Crippen molar-refractivity contribution in [2.45, 2.75) is 18.4 Å². The molecule has 3 fully saturated rings. The van der Waals surface area contributed by atoms with Crippen LogP contribution in [-0.4, -0.2) is 62.2 Å². The number of ether oxygens (including phenoxy) is 1. The minimum atomic E-state index is -0.371. The molecule has 1 atom stereocenters. The SMILES string of the molecule is O[N+]12CCC(CC1)[C@]1(CN=C(Nc3cc(-n4cccc4)ncn3)O1)C2. The average molecular weight is 341 g/mol. The molecule has 3 saturated heterocycles. The van der Waals surface area contributed by atoms with Crippen molar-refractivity contribution in [1.29, 1.82) is 0 Å². The van der Waals surface area contributed by atoms with Crippen LogP contribution >= 0.6 is 0 Å². The molecule has 130 valence electrons. The molecule has 0 aliphatic carbocycles. The summed E-state index contributed by atoms with van der Waals surface area (Å²) in [6.07, 6.45) is 7.37. The van der Waals surface area contributed by atoms with Gasteiger partial charge in [-0.15, -0.1) is 0 Å². The van der Waals surface area contributed by atoms with Crippen LogP contribution in [0.5, 0.6) is 0 Å².